The van der Waals surface area contributed by atoms with E-state index in [0.717, 1.165) is 7.11 Å². The molecule has 0 aliphatic rings. The summed E-state index contributed by atoms with van der Waals surface area (Å²) in [6.45, 7) is 1.54. The van der Waals surface area contributed by atoms with Crippen LogP contribution in [0.1, 0.15) is 35.3 Å². The summed E-state index contributed by atoms with van der Waals surface area (Å²) in [6, 6.07) is 14.5. The third-order valence-corrected chi connectivity index (χ3v) is 5.06. The molecule has 2 amide bonds. The van der Waals surface area contributed by atoms with Gasteiger partial charge in [-0.05, 0) is 24.1 Å². The molecule has 2 aromatic rings. The van der Waals surface area contributed by atoms with E-state index in [-0.39, 0.29) is 6.42 Å². The molecule has 0 heterocycles. The van der Waals surface area contributed by atoms with Crippen LogP contribution in [0.25, 0.3) is 0 Å². The Kier molecular flexibility index (Phi) is 9.56. The van der Waals surface area contributed by atoms with E-state index in [1.54, 1.807) is 60.7 Å². The number of esters is 2. The predicted molar refractivity (Wildman–Crippen MR) is 119 cm³/mol. The minimum absolute atomic E-state index is 0.0931. The summed E-state index contributed by atoms with van der Waals surface area (Å²) < 4.78 is 9.38. The third kappa shape index (κ3) is 7.15. The number of nitrogens with one attached hydrogen (secondary N) is 2. The first-order valence-electron chi connectivity index (χ1n) is 10.3. The van der Waals surface area contributed by atoms with Gasteiger partial charge >= 0.3 is 11.9 Å². The average Bonchev–Trinajstić information content (AvgIpc) is 2.86. The van der Waals surface area contributed by atoms with Gasteiger partial charge in [-0.2, -0.15) is 0 Å². The van der Waals surface area contributed by atoms with Crippen molar-refractivity contribution in [3.63, 3.8) is 0 Å². The van der Waals surface area contributed by atoms with E-state index in [9.17, 15) is 24.3 Å². The van der Waals surface area contributed by atoms with Crippen LogP contribution in [0, 0.1) is 5.92 Å². The Labute approximate surface area is 192 Å². The molecule has 4 atom stereocenters. The smallest absolute Gasteiger partial charge is 0.328 e. The maximum Gasteiger partial charge on any atom is 0.328 e. The summed E-state index contributed by atoms with van der Waals surface area (Å²) in [6.07, 6.45) is -1.83. The standard InChI is InChI=1S/C24H28N2O7/c1-15(23(30)32-2)14-18(24(31)33-3)25-22(29)20(27)19(16-10-6-4-7-11-16)26-21(28)17-12-8-5-9-13-17/h4-13,15,18-20,27H,14H2,1-3H3,(H,25,29)(H,26,28)/t15-,18+,19-,20+/m0/s1. The summed E-state index contributed by atoms with van der Waals surface area (Å²) in [5.74, 6) is -3.45. The van der Waals surface area contributed by atoms with Crippen LogP contribution in [-0.2, 0) is 23.9 Å². The minimum atomic E-state index is -1.74. The number of rotatable bonds is 10. The monoisotopic (exact) mass is 456 g/mol. The van der Waals surface area contributed by atoms with Crippen molar-refractivity contribution >= 4 is 23.8 Å². The van der Waals surface area contributed by atoms with E-state index < -0.39 is 47.9 Å². The fourth-order valence-electron chi connectivity index (χ4n) is 3.23. The van der Waals surface area contributed by atoms with Gasteiger partial charge in [0.15, 0.2) is 6.10 Å². The van der Waals surface area contributed by atoms with E-state index in [2.05, 4.69) is 15.4 Å². The predicted octanol–water partition coefficient (Wildman–Crippen LogP) is 1.38. The molecule has 2 aromatic carbocycles. The third-order valence-electron chi connectivity index (χ3n) is 5.06. The molecule has 0 saturated heterocycles. The van der Waals surface area contributed by atoms with Crippen LogP contribution in [0.15, 0.2) is 60.7 Å². The molecule has 0 radical (unpaired) electrons. The van der Waals surface area contributed by atoms with Gasteiger partial charge in [-0.15, -0.1) is 0 Å². The Morgan fingerprint density at radius 1 is 0.848 bits per heavy atom. The summed E-state index contributed by atoms with van der Waals surface area (Å²) in [4.78, 5) is 49.5. The topological polar surface area (TPSA) is 131 Å². The van der Waals surface area contributed by atoms with Crippen LogP contribution in [0.2, 0.25) is 0 Å². The van der Waals surface area contributed by atoms with Gasteiger partial charge < -0.3 is 25.2 Å². The molecular formula is C24H28N2O7. The molecule has 2 rings (SSSR count). The van der Waals surface area contributed by atoms with Gasteiger partial charge in [0, 0.05) is 5.56 Å². The number of carbonyl (C=O) groups is 4. The Hall–Kier alpha value is -3.72. The molecule has 3 N–H and O–H groups in total. The first-order valence-corrected chi connectivity index (χ1v) is 10.3. The van der Waals surface area contributed by atoms with Crippen molar-refractivity contribution in [2.24, 2.45) is 5.92 Å². The lowest BCUT2D eigenvalue weighted by molar-refractivity contribution is -0.149. The fraction of sp³-hybridized carbons (Fsp3) is 0.333. The van der Waals surface area contributed by atoms with E-state index >= 15 is 0 Å². The minimum Gasteiger partial charge on any atom is -0.469 e. The maximum absolute atomic E-state index is 12.9. The number of hydrogen-bond acceptors (Lipinski definition) is 7. The zero-order chi connectivity index (χ0) is 24.4. The highest BCUT2D eigenvalue weighted by molar-refractivity contribution is 5.95. The van der Waals surface area contributed by atoms with Gasteiger partial charge in [-0.25, -0.2) is 4.79 Å². The summed E-state index contributed by atoms with van der Waals surface area (Å²) >= 11 is 0. The summed E-state index contributed by atoms with van der Waals surface area (Å²) in [5, 5.41) is 15.9. The zero-order valence-corrected chi connectivity index (χ0v) is 18.7. The van der Waals surface area contributed by atoms with Crippen molar-refractivity contribution in [1.82, 2.24) is 10.6 Å². The van der Waals surface area contributed by atoms with Crippen molar-refractivity contribution in [3.8, 4) is 0 Å². The number of methoxy groups -OCH3 is 2. The molecule has 9 heteroatoms. The number of amides is 2. The van der Waals surface area contributed by atoms with Gasteiger partial charge in [-0.3, -0.25) is 14.4 Å². The number of aliphatic hydroxyl groups excluding tert-OH is 1. The van der Waals surface area contributed by atoms with Gasteiger partial charge in [-0.1, -0.05) is 55.5 Å². The summed E-state index contributed by atoms with van der Waals surface area (Å²) in [5.41, 5.74) is 0.840. The number of aliphatic hydroxyl groups is 1. The number of benzene rings is 2. The molecule has 0 bridgehead atoms. The highest BCUT2D eigenvalue weighted by Gasteiger charge is 2.34. The van der Waals surface area contributed by atoms with Crippen molar-refractivity contribution in [1.29, 1.82) is 0 Å². The van der Waals surface area contributed by atoms with E-state index in [1.165, 1.54) is 14.0 Å². The zero-order valence-electron chi connectivity index (χ0n) is 18.7. The van der Waals surface area contributed by atoms with Crippen molar-refractivity contribution < 1.29 is 33.8 Å². The van der Waals surface area contributed by atoms with E-state index in [1.807, 2.05) is 0 Å². The second-order valence-electron chi connectivity index (χ2n) is 7.42. The lowest BCUT2D eigenvalue weighted by Crippen LogP contribution is -2.51. The SMILES string of the molecule is COC(=O)[C@@H](C)C[C@@H](NC(=O)[C@H](O)[C@@H](NC(=O)c1ccccc1)c1ccccc1)C(=O)OC. The fourth-order valence-corrected chi connectivity index (χ4v) is 3.23. The van der Waals surface area contributed by atoms with Crippen LogP contribution in [0.3, 0.4) is 0 Å². The van der Waals surface area contributed by atoms with Crippen LogP contribution in [-0.4, -0.2) is 55.2 Å². The highest BCUT2D eigenvalue weighted by Crippen LogP contribution is 2.19. The maximum atomic E-state index is 12.9. The van der Waals surface area contributed by atoms with E-state index in [0.29, 0.717) is 11.1 Å². The molecule has 0 spiro atoms. The Balaban J connectivity index is 2.23. The van der Waals surface area contributed by atoms with Crippen molar-refractivity contribution in [3.05, 3.63) is 71.8 Å². The molecule has 0 saturated carbocycles. The Bertz CT molecular complexity index is 950. The Morgan fingerprint density at radius 2 is 1.39 bits per heavy atom. The summed E-state index contributed by atoms with van der Waals surface area (Å²) in [7, 11) is 2.36. The number of ether oxygens (including phenoxy) is 2. The quantitative estimate of drug-likeness (QED) is 0.460. The lowest BCUT2D eigenvalue weighted by atomic mass is 9.98. The number of carbonyl (C=O) groups excluding carboxylic acids is 4. The molecule has 33 heavy (non-hydrogen) atoms. The van der Waals surface area contributed by atoms with Gasteiger partial charge in [0.25, 0.3) is 11.8 Å². The van der Waals surface area contributed by atoms with E-state index in [4.69, 9.17) is 4.74 Å². The van der Waals surface area contributed by atoms with Crippen LogP contribution < -0.4 is 10.6 Å². The van der Waals surface area contributed by atoms with Crippen LogP contribution in [0.5, 0.6) is 0 Å². The largest absolute Gasteiger partial charge is 0.469 e. The van der Waals surface area contributed by atoms with Gasteiger partial charge in [0.05, 0.1) is 26.2 Å². The molecular weight excluding hydrogens is 428 g/mol. The molecule has 0 aromatic heterocycles. The molecule has 9 nitrogen and oxygen atoms in total. The van der Waals surface area contributed by atoms with Gasteiger partial charge in [0.1, 0.15) is 6.04 Å². The van der Waals surface area contributed by atoms with Gasteiger partial charge in [0.2, 0.25) is 0 Å². The first-order chi connectivity index (χ1) is 15.8. The molecule has 0 fully saturated rings. The molecule has 176 valence electrons. The van der Waals surface area contributed by atoms with Crippen molar-refractivity contribution in [2.45, 2.75) is 31.5 Å². The number of hydrogen-bond donors (Lipinski definition) is 3. The lowest BCUT2D eigenvalue weighted by Gasteiger charge is -2.26. The second kappa shape index (κ2) is 12.4. The normalized spacial score (nSPS) is 14.2. The molecule has 0 aliphatic heterocycles. The first kappa shape index (κ1) is 25.5. The van der Waals surface area contributed by atoms with Crippen LogP contribution in [0.4, 0.5) is 0 Å². The second-order valence-corrected chi connectivity index (χ2v) is 7.42. The highest BCUT2D eigenvalue weighted by atomic mass is 16.5. The Morgan fingerprint density at radius 3 is 1.94 bits per heavy atom. The average molecular weight is 456 g/mol. The van der Waals surface area contributed by atoms with Crippen LogP contribution >= 0.6 is 0 Å². The molecule has 0 aliphatic carbocycles. The van der Waals surface area contributed by atoms with Crippen molar-refractivity contribution in [2.75, 3.05) is 14.2 Å². The molecule has 0 unspecified atom stereocenters.